The number of ether oxygens (including phenoxy) is 2. The van der Waals surface area contributed by atoms with E-state index >= 15 is 0 Å². The largest absolute Gasteiger partial charge is 0.488 e. The molecule has 4 aromatic rings. The molecule has 0 unspecified atom stereocenters. The molecule has 0 aromatic heterocycles. The van der Waals surface area contributed by atoms with Crippen molar-refractivity contribution in [2.75, 3.05) is 0 Å². The summed E-state index contributed by atoms with van der Waals surface area (Å²) in [5.74, 6) is -0.500. The first-order valence-electron chi connectivity index (χ1n) is 10.3. The Labute approximate surface area is 187 Å². The molecular formula is C28H22O4. The van der Waals surface area contributed by atoms with Crippen LogP contribution in [0.2, 0.25) is 0 Å². The molecular weight excluding hydrogens is 400 g/mol. The predicted octanol–water partition coefficient (Wildman–Crippen LogP) is 6.05. The minimum absolute atomic E-state index is 0.269. The third-order valence-corrected chi connectivity index (χ3v) is 4.97. The maximum absolute atomic E-state index is 13.2. The molecule has 0 aliphatic carbocycles. The number of hydrogen-bond acceptors (Lipinski definition) is 4. The van der Waals surface area contributed by atoms with Gasteiger partial charge in [0.25, 0.3) is 0 Å². The van der Waals surface area contributed by atoms with E-state index < -0.39 is 12.1 Å². The van der Waals surface area contributed by atoms with Crippen molar-refractivity contribution in [2.24, 2.45) is 0 Å². The lowest BCUT2D eigenvalue weighted by Gasteiger charge is -2.18. The molecule has 0 amide bonds. The third-order valence-electron chi connectivity index (χ3n) is 4.97. The zero-order valence-electron chi connectivity index (χ0n) is 17.4. The van der Waals surface area contributed by atoms with Crippen LogP contribution in [0.15, 0.2) is 115 Å². The van der Waals surface area contributed by atoms with Crippen molar-refractivity contribution in [3.63, 3.8) is 0 Å². The molecule has 0 radical (unpaired) electrons. The number of carbonyl (C=O) groups excluding carboxylic acids is 2. The van der Waals surface area contributed by atoms with Gasteiger partial charge in [0, 0.05) is 11.1 Å². The highest BCUT2D eigenvalue weighted by Crippen LogP contribution is 2.27. The molecule has 0 saturated heterocycles. The zero-order chi connectivity index (χ0) is 22.2. The molecule has 0 spiro atoms. The van der Waals surface area contributed by atoms with Gasteiger partial charge in [-0.05, 0) is 17.7 Å². The van der Waals surface area contributed by atoms with Crippen molar-refractivity contribution in [3.05, 3.63) is 138 Å². The van der Waals surface area contributed by atoms with Crippen molar-refractivity contribution < 1.29 is 19.1 Å². The molecule has 4 aromatic carbocycles. The smallest absolute Gasteiger partial charge is 0.342 e. The topological polar surface area (TPSA) is 52.6 Å². The van der Waals surface area contributed by atoms with E-state index in [1.54, 1.807) is 60.7 Å². The van der Waals surface area contributed by atoms with E-state index in [2.05, 4.69) is 0 Å². The van der Waals surface area contributed by atoms with Gasteiger partial charge >= 0.3 is 5.97 Å². The van der Waals surface area contributed by atoms with E-state index in [4.69, 9.17) is 9.47 Å². The molecule has 0 fully saturated rings. The average molecular weight is 422 g/mol. The van der Waals surface area contributed by atoms with Gasteiger partial charge in [0.05, 0.1) is 0 Å². The molecule has 158 valence electrons. The zero-order valence-corrected chi connectivity index (χ0v) is 17.4. The normalized spacial score (nSPS) is 11.4. The Morgan fingerprint density at radius 3 is 1.91 bits per heavy atom. The van der Waals surface area contributed by atoms with Gasteiger partial charge in [-0.3, -0.25) is 4.79 Å². The van der Waals surface area contributed by atoms with E-state index in [1.807, 2.05) is 54.6 Å². The molecule has 0 aliphatic heterocycles. The molecule has 1 atom stereocenters. The summed E-state index contributed by atoms with van der Waals surface area (Å²) in [4.78, 5) is 26.3. The van der Waals surface area contributed by atoms with Crippen LogP contribution in [0.3, 0.4) is 0 Å². The van der Waals surface area contributed by atoms with Crippen LogP contribution >= 0.6 is 0 Å². The van der Waals surface area contributed by atoms with Crippen molar-refractivity contribution in [1.82, 2.24) is 0 Å². The number of hydrogen-bond donors (Lipinski definition) is 0. The van der Waals surface area contributed by atoms with Gasteiger partial charge in [-0.1, -0.05) is 103 Å². The Kier molecular flexibility index (Phi) is 6.73. The summed E-state index contributed by atoms with van der Waals surface area (Å²) in [7, 11) is 0. The lowest BCUT2D eigenvalue weighted by molar-refractivity contribution is 0.0276. The van der Waals surface area contributed by atoms with E-state index in [0.717, 1.165) is 5.56 Å². The van der Waals surface area contributed by atoms with Gasteiger partial charge in [0.15, 0.2) is 6.10 Å². The number of benzene rings is 4. The summed E-state index contributed by atoms with van der Waals surface area (Å²) in [6.07, 6.45) is -1.06. The maximum Gasteiger partial charge on any atom is 0.342 e. The number of Topliss-reactive ketones (excluding diaryl/α,β-unsaturated/α-hetero) is 1. The Balaban J connectivity index is 1.58. The quantitative estimate of drug-likeness (QED) is 0.256. The Hall–Kier alpha value is -4.18. The summed E-state index contributed by atoms with van der Waals surface area (Å²) in [5.41, 5.74) is 2.34. The molecule has 0 aliphatic rings. The fourth-order valence-corrected chi connectivity index (χ4v) is 3.32. The molecule has 0 bridgehead atoms. The van der Waals surface area contributed by atoms with Crippen molar-refractivity contribution in [3.8, 4) is 5.75 Å². The van der Waals surface area contributed by atoms with Gasteiger partial charge in [-0.2, -0.15) is 0 Å². The first kappa shape index (κ1) is 21.1. The van der Waals surface area contributed by atoms with Crippen LogP contribution in [0.5, 0.6) is 5.75 Å². The number of ketones is 1. The average Bonchev–Trinajstić information content (AvgIpc) is 2.87. The van der Waals surface area contributed by atoms with Crippen LogP contribution < -0.4 is 4.74 Å². The van der Waals surface area contributed by atoms with E-state index in [9.17, 15) is 9.59 Å². The van der Waals surface area contributed by atoms with Crippen LogP contribution in [0.25, 0.3) is 0 Å². The SMILES string of the molecule is O=C(O[C@@H](C(=O)c1ccccc1)c1ccccc1)c1ccccc1OCc1ccccc1. The van der Waals surface area contributed by atoms with Crippen molar-refractivity contribution in [2.45, 2.75) is 12.7 Å². The number of rotatable bonds is 8. The van der Waals surface area contributed by atoms with Crippen LogP contribution in [0.4, 0.5) is 0 Å². The van der Waals surface area contributed by atoms with E-state index in [-0.39, 0.29) is 11.3 Å². The predicted molar refractivity (Wildman–Crippen MR) is 123 cm³/mol. The van der Waals surface area contributed by atoms with Gasteiger partial charge in [0.1, 0.15) is 17.9 Å². The summed E-state index contributed by atoms with van der Waals surface area (Å²) in [6.45, 7) is 0.316. The molecule has 0 N–H and O–H groups in total. The second-order valence-corrected chi connectivity index (χ2v) is 7.20. The first-order valence-corrected chi connectivity index (χ1v) is 10.3. The minimum atomic E-state index is -1.06. The molecule has 0 saturated carbocycles. The second kappa shape index (κ2) is 10.2. The van der Waals surface area contributed by atoms with Gasteiger partial charge < -0.3 is 9.47 Å². The summed E-state index contributed by atoms with van der Waals surface area (Å²) < 4.78 is 11.7. The summed E-state index contributed by atoms with van der Waals surface area (Å²) >= 11 is 0. The monoisotopic (exact) mass is 422 g/mol. The highest BCUT2D eigenvalue weighted by molar-refractivity contribution is 6.02. The number of carbonyl (C=O) groups is 2. The summed E-state index contributed by atoms with van der Waals surface area (Å²) in [5, 5.41) is 0. The Bertz CT molecular complexity index is 1170. The number of esters is 1. The van der Waals surface area contributed by atoms with Crippen LogP contribution in [0.1, 0.15) is 37.9 Å². The molecule has 0 heterocycles. The van der Waals surface area contributed by atoms with Crippen LogP contribution in [-0.2, 0) is 11.3 Å². The third kappa shape index (κ3) is 5.10. The maximum atomic E-state index is 13.2. The van der Waals surface area contributed by atoms with Crippen molar-refractivity contribution in [1.29, 1.82) is 0 Å². The highest BCUT2D eigenvalue weighted by atomic mass is 16.5. The molecule has 4 nitrogen and oxygen atoms in total. The van der Waals surface area contributed by atoms with E-state index in [1.165, 1.54) is 0 Å². The van der Waals surface area contributed by atoms with Gasteiger partial charge in [0.2, 0.25) is 5.78 Å². The van der Waals surface area contributed by atoms with Crippen molar-refractivity contribution >= 4 is 11.8 Å². The molecule has 4 heteroatoms. The molecule has 32 heavy (non-hydrogen) atoms. The lowest BCUT2D eigenvalue weighted by Crippen LogP contribution is -2.20. The Morgan fingerprint density at radius 2 is 1.22 bits per heavy atom. The van der Waals surface area contributed by atoms with Gasteiger partial charge in [-0.15, -0.1) is 0 Å². The second-order valence-electron chi connectivity index (χ2n) is 7.20. The van der Waals surface area contributed by atoms with Crippen LogP contribution in [-0.4, -0.2) is 11.8 Å². The summed E-state index contributed by atoms with van der Waals surface area (Å²) in [6, 6.07) is 34.4. The fourth-order valence-electron chi connectivity index (χ4n) is 3.32. The van der Waals surface area contributed by atoms with E-state index in [0.29, 0.717) is 23.5 Å². The number of para-hydroxylation sites is 1. The fraction of sp³-hybridized carbons (Fsp3) is 0.0714. The highest BCUT2D eigenvalue weighted by Gasteiger charge is 2.27. The molecule has 4 rings (SSSR count). The van der Waals surface area contributed by atoms with Gasteiger partial charge in [-0.25, -0.2) is 4.79 Å². The minimum Gasteiger partial charge on any atom is -0.488 e. The first-order chi connectivity index (χ1) is 15.7. The standard InChI is InChI=1S/C28H22O4/c29-26(22-14-6-2-7-15-22)27(23-16-8-3-9-17-23)32-28(30)24-18-10-11-19-25(24)31-20-21-12-4-1-5-13-21/h1-19,27H,20H2/t27-/m1/s1. The Morgan fingerprint density at radius 1 is 0.656 bits per heavy atom. The van der Waals surface area contributed by atoms with Crippen LogP contribution in [0, 0.1) is 0 Å². The lowest BCUT2D eigenvalue weighted by atomic mass is 9.99.